The first-order valence-electron chi connectivity index (χ1n) is 5.13. The Morgan fingerprint density at radius 2 is 2.20 bits per heavy atom. The van der Waals surface area contributed by atoms with Gasteiger partial charge in [0.15, 0.2) is 0 Å². The standard InChI is InChI=1S/C12H14BrClO/c13-8-12(5-6-15-9-12)7-10-3-1-2-4-11(10)14/h1-4H,5-9H2. The second kappa shape index (κ2) is 4.86. The Labute approximate surface area is 104 Å². The lowest BCUT2D eigenvalue weighted by Gasteiger charge is -2.25. The van der Waals surface area contributed by atoms with Gasteiger partial charge in [0, 0.05) is 22.4 Å². The second-order valence-corrected chi connectivity index (χ2v) is 5.17. The molecule has 1 heterocycles. The highest BCUT2D eigenvalue weighted by Gasteiger charge is 2.34. The van der Waals surface area contributed by atoms with Crippen molar-refractivity contribution >= 4 is 27.5 Å². The number of hydrogen-bond donors (Lipinski definition) is 0. The zero-order chi connectivity index (χ0) is 10.7. The van der Waals surface area contributed by atoms with Gasteiger partial charge in [0.1, 0.15) is 0 Å². The Kier molecular flexibility index (Phi) is 3.70. The summed E-state index contributed by atoms with van der Waals surface area (Å²) >= 11 is 9.76. The molecule has 3 heteroatoms. The molecule has 0 bridgehead atoms. The highest BCUT2D eigenvalue weighted by atomic mass is 79.9. The van der Waals surface area contributed by atoms with Crippen LogP contribution >= 0.6 is 27.5 Å². The third kappa shape index (κ3) is 2.55. The molecule has 1 aliphatic rings. The maximum atomic E-state index is 6.17. The number of halogens is 2. The van der Waals surface area contributed by atoms with Crippen molar-refractivity contribution in [3.8, 4) is 0 Å². The summed E-state index contributed by atoms with van der Waals surface area (Å²) in [6, 6.07) is 8.07. The van der Waals surface area contributed by atoms with E-state index in [2.05, 4.69) is 22.0 Å². The van der Waals surface area contributed by atoms with Crippen LogP contribution in [0.25, 0.3) is 0 Å². The molecular formula is C12H14BrClO. The fourth-order valence-electron chi connectivity index (χ4n) is 1.99. The van der Waals surface area contributed by atoms with E-state index in [1.54, 1.807) is 0 Å². The fraction of sp³-hybridized carbons (Fsp3) is 0.500. The van der Waals surface area contributed by atoms with E-state index in [4.69, 9.17) is 16.3 Å². The largest absolute Gasteiger partial charge is 0.381 e. The monoisotopic (exact) mass is 288 g/mol. The number of rotatable bonds is 3. The van der Waals surface area contributed by atoms with Crippen molar-refractivity contribution in [3.63, 3.8) is 0 Å². The minimum atomic E-state index is 0.241. The first kappa shape index (κ1) is 11.4. The molecule has 1 aromatic carbocycles. The quantitative estimate of drug-likeness (QED) is 0.771. The van der Waals surface area contributed by atoms with Gasteiger partial charge in [-0.25, -0.2) is 0 Å². The molecule has 0 amide bonds. The number of alkyl halides is 1. The predicted octanol–water partition coefficient (Wildman–Crippen LogP) is 3.68. The van der Waals surface area contributed by atoms with Gasteiger partial charge >= 0.3 is 0 Å². The molecule has 1 unspecified atom stereocenters. The molecule has 1 nitrogen and oxygen atoms in total. The number of ether oxygens (including phenoxy) is 1. The summed E-state index contributed by atoms with van der Waals surface area (Å²) in [5.74, 6) is 0. The third-order valence-electron chi connectivity index (χ3n) is 2.99. The molecule has 15 heavy (non-hydrogen) atoms. The average Bonchev–Trinajstić information content (AvgIpc) is 2.71. The Morgan fingerprint density at radius 3 is 2.80 bits per heavy atom. The lowest BCUT2D eigenvalue weighted by atomic mass is 9.83. The Hall–Kier alpha value is -0.0500. The van der Waals surface area contributed by atoms with Crippen LogP contribution in [-0.4, -0.2) is 18.5 Å². The SMILES string of the molecule is Clc1ccccc1CC1(CBr)CCOC1. The van der Waals surface area contributed by atoms with Gasteiger partial charge in [-0.05, 0) is 24.5 Å². The van der Waals surface area contributed by atoms with E-state index in [0.717, 1.165) is 36.4 Å². The molecule has 0 saturated carbocycles. The first-order chi connectivity index (χ1) is 7.26. The summed E-state index contributed by atoms with van der Waals surface area (Å²) in [6.07, 6.45) is 2.11. The van der Waals surface area contributed by atoms with E-state index in [9.17, 15) is 0 Å². The van der Waals surface area contributed by atoms with Gasteiger partial charge < -0.3 is 4.74 Å². The molecule has 2 rings (SSSR count). The summed E-state index contributed by atoms with van der Waals surface area (Å²) in [5.41, 5.74) is 1.47. The van der Waals surface area contributed by atoms with Crippen molar-refractivity contribution in [2.75, 3.05) is 18.5 Å². The highest BCUT2D eigenvalue weighted by Crippen LogP contribution is 2.36. The Bertz CT molecular complexity index is 334. The van der Waals surface area contributed by atoms with Crippen molar-refractivity contribution in [2.24, 2.45) is 5.41 Å². The summed E-state index contributed by atoms with van der Waals surface area (Å²) < 4.78 is 5.49. The molecule has 0 radical (unpaired) electrons. The zero-order valence-corrected chi connectivity index (χ0v) is 10.9. The number of benzene rings is 1. The summed E-state index contributed by atoms with van der Waals surface area (Å²) in [4.78, 5) is 0. The van der Waals surface area contributed by atoms with E-state index >= 15 is 0 Å². The molecule has 0 spiro atoms. The van der Waals surface area contributed by atoms with Crippen LogP contribution in [-0.2, 0) is 11.2 Å². The van der Waals surface area contributed by atoms with Crippen LogP contribution in [0.4, 0.5) is 0 Å². The lowest BCUT2D eigenvalue weighted by molar-refractivity contribution is 0.162. The van der Waals surface area contributed by atoms with Gasteiger partial charge in [-0.15, -0.1) is 0 Å². The predicted molar refractivity (Wildman–Crippen MR) is 66.8 cm³/mol. The van der Waals surface area contributed by atoms with Gasteiger partial charge in [0.2, 0.25) is 0 Å². The van der Waals surface area contributed by atoms with Crippen molar-refractivity contribution < 1.29 is 4.74 Å². The third-order valence-corrected chi connectivity index (χ3v) is 4.55. The topological polar surface area (TPSA) is 9.23 Å². The molecule has 1 aromatic rings. The van der Waals surface area contributed by atoms with E-state index in [-0.39, 0.29) is 5.41 Å². The maximum absolute atomic E-state index is 6.17. The molecule has 82 valence electrons. The van der Waals surface area contributed by atoms with E-state index in [1.807, 2.05) is 18.2 Å². The smallest absolute Gasteiger partial charge is 0.0534 e. The first-order valence-corrected chi connectivity index (χ1v) is 6.63. The van der Waals surface area contributed by atoms with Gasteiger partial charge in [-0.2, -0.15) is 0 Å². The molecule has 0 aromatic heterocycles. The van der Waals surface area contributed by atoms with Crippen LogP contribution < -0.4 is 0 Å². The molecule has 0 aliphatic carbocycles. The normalized spacial score (nSPS) is 25.7. The van der Waals surface area contributed by atoms with Gasteiger partial charge in [0.05, 0.1) is 6.61 Å². The van der Waals surface area contributed by atoms with Crippen molar-refractivity contribution in [2.45, 2.75) is 12.8 Å². The maximum Gasteiger partial charge on any atom is 0.0534 e. The summed E-state index contributed by atoms with van der Waals surface area (Å²) in [5, 5.41) is 1.84. The Morgan fingerprint density at radius 1 is 1.40 bits per heavy atom. The number of hydrogen-bond acceptors (Lipinski definition) is 1. The minimum Gasteiger partial charge on any atom is -0.381 e. The van der Waals surface area contributed by atoms with Crippen LogP contribution in [0.3, 0.4) is 0 Å². The fourth-order valence-corrected chi connectivity index (χ4v) is 2.83. The molecule has 1 fully saturated rings. The Balaban J connectivity index is 2.16. The van der Waals surface area contributed by atoms with Crippen LogP contribution in [0, 0.1) is 5.41 Å². The molecule has 1 atom stereocenters. The molecular weight excluding hydrogens is 275 g/mol. The lowest BCUT2D eigenvalue weighted by Crippen LogP contribution is -2.25. The van der Waals surface area contributed by atoms with Gasteiger partial charge in [-0.1, -0.05) is 45.7 Å². The van der Waals surface area contributed by atoms with Crippen LogP contribution in [0.2, 0.25) is 5.02 Å². The summed E-state index contributed by atoms with van der Waals surface area (Å²) in [7, 11) is 0. The van der Waals surface area contributed by atoms with Crippen molar-refractivity contribution in [3.05, 3.63) is 34.9 Å². The molecule has 0 N–H and O–H groups in total. The average molecular weight is 290 g/mol. The van der Waals surface area contributed by atoms with Crippen LogP contribution in [0.15, 0.2) is 24.3 Å². The minimum absolute atomic E-state index is 0.241. The van der Waals surface area contributed by atoms with Gasteiger partial charge in [0.25, 0.3) is 0 Å². The van der Waals surface area contributed by atoms with E-state index in [0.29, 0.717) is 0 Å². The van der Waals surface area contributed by atoms with E-state index < -0.39 is 0 Å². The molecule has 1 aliphatic heterocycles. The highest BCUT2D eigenvalue weighted by molar-refractivity contribution is 9.09. The van der Waals surface area contributed by atoms with Crippen molar-refractivity contribution in [1.82, 2.24) is 0 Å². The summed E-state index contributed by atoms with van der Waals surface area (Å²) in [6.45, 7) is 1.71. The van der Waals surface area contributed by atoms with Gasteiger partial charge in [-0.3, -0.25) is 0 Å². The second-order valence-electron chi connectivity index (χ2n) is 4.20. The van der Waals surface area contributed by atoms with Crippen LogP contribution in [0.1, 0.15) is 12.0 Å². The van der Waals surface area contributed by atoms with E-state index in [1.165, 1.54) is 5.56 Å². The zero-order valence-electron chi connectivity index (χ0n) is 8.51. The van der Waals surface area contributed by atoms with Crippen LogP contribution in [0.5, 0.6) is 0 Å². The molecule has 1 saturated heterocycles. The van der Waals surface area contributed by atoms with Crippen molar-refractivity contribution in [1.29, 1.82) is 0 Å².